The van der Waals surface area contributed by atoms with Gasteiger partial charge in [-0.3, -0.25) is 4.98 Å². The quantitative estimate of drug-likeness (QED) is 0.643. The molecule has 0 amide bonds. The SMILES string of the molecule is Cc1c(-c2cncc(S(=O)(=O)N(C)C)c2)c2cccc(Cl)c2n1C/C(F)=C/C[NH3+]. The molecule has 29 heavy (non-hydrogen) atoms. The van der Waals surface area contributed by atoms with E-state index in [9.17, 15) is 12.8 Å². The van der Waals surface area contributed by atoms with E-state index < -0.39 is 10.0 Å². The molecule has 3 rings (SSSR count). The van der Waals surface area contributed by atoms with Gasteiger partial charge in [-0.15, -0.1) is 0 Å². The molecule has 0 spiro atoms. The summed E-state index contributed by atoms with van der Waals surface area (Å²) in [4.78, 5) is 4.23. The van der Waals surface area contributed by atoms with Gasteiger partial charge in [0, 0.05) is 54.8 Å². The van der Waals surface area contributed by atoms with Crippen molar-refractivity contribution in [3.8, 4) is 11.1 Å². The Hall–Kier alpha value is -2.26. The normalized spacial score (nSPS) is 12.9. The summed E-state index contributed by atoms with van der Waals surface area (Å²) in [5.74, 6) is -0.312. The molecule has 6 nitrogen and oxygen atoms in total. The molecule has 0 bridgehead atoms. The molecule has 2 heterocycles. The van der Waals surface area contributed by atoms with Crippen LogP contribution >= 0.6 is 11.6 Å². The Labute approximate surface area is 174 Å². The van der Waals surface area contributed by atoms with E-state index in [4.69, 9.17) is 11.6 Å². The van der Waals surface area contributed by atoms with Crippen molar-refractivity contribution in [3.05, 3.63) is 59.3 Å². The number of para-hydroxylation sites is 1. The lowest BCUT2D eigenvalue weighted by molar-refractivity contribution is -0.353. The summed E-state index contributed by atoms with van der Waals surface area (Å²) in [7, 11) is -0.702. The van der Waals surface area contributed by atoms with Crippen LogP contribution in [0.15, 0.2) is 53.5 Å². The summed E-state index contributed by atoms with van der Waals surface area (Å²) in [5.41, 5.74) is 6.50. The Kier molecular flexibility index (Phi) is 6.09. The standard InChI is InChI=1S/C20H22ClFN4O2S/c1-13-19(14-9-16(11-24-10-14)29(27,28)25(2)3)17-5-4-6-18(21)20(17)26(13)12-15(22)7-8-23/h4-7,9-11H,8,12,23H2,1-3H3/p+1/b15-7-. The largest absolute Gasteiger partial charge is 0.354 e. The highest BCUT2D eigenvalue weighted by molar-refractivity contribution is 7.89. The Balaban J connectivity index is 2.28. The number of allylic oxidation sites excluding steroid dienone is 1. The zero-order chi connectivity index (χ0) is 21.3. The van der Waals surface area contributed by atoms with Crippen LogP contribution in [-0.4, -0.2) is 42.9 Å². The number of fused-ring (bicyclic) bond motifs is 1. The lowest BCUT2D eigenvalue weighted by atomic mass is 10.0. The fourth-order valence-corrected chi connectivity index (χ4v) is 4.50. The number of halogens is 2. The summed E-state index contributed by atoms with van der Waals surface area (Å²) in [5, 5.41) is 1.29. The average Bonchev–Trinajstić information content (AvgIpc) is 2.94. The number of nitrogens with zero attached hydrogens (tertiary/aromatic N) is 3. The van der Waals surface area contributed by atoms with Crippen LogP contribution in [-0.2, 0) is 16.6 Å². The van der Waals surface area contributed by atoms with Crippen LogP contribution in [0, 0.1) is 6.92 Å². The van der Waals surface area contributed by atoms with Crippen LogP contribution in [0.25, 0.3) is 22.0 Å². The molecule has 0 radical (unpaired) electrons. The van der Waals surface area contributed by atoms with Crippen molar-refractivity contribution in [3.63, 3.8) is 0 Å². The minimum Gasteiger partial charge on any atom is -0.354 e. The molecule has 0 aliphatic rings. The third kappa shape index (κ3) is 3.93. The number of hydrogen-bond donors (Lipinski definition) is 1. The predicted octanol–water partition coefficient (Wildman–Crippen LogP) is 3.01. The number of pyridine rings is 1. The van der Waals surface area contributed by atoms with E-state index in [1.165, 1.54) is 26.4 Å². The molecule has 0 aliphatic heterocycles. The third-order valence-electron chi connectivity index (χ3n) is 4.75. The summed E-state index contributed by atoms with van der Waals surface area (Å²) < 4.78 is 42.3. The topological polar surface area (TPSA) is 82.8 Å². The minimum atomic E-state index is -3.64. The first-order valence-corrected chi connectivity index (χ1v) is 10.8. The highest BCUT2D eigenvalue weighted by atomic mass is 35.5. The van der Waals surface area contributed by atoms with E-state index in [1.807, 2.05) is 19.1 Å². The van der Waals surface area contributed by atoms with Crippen molar-refractivity contribution >= 4 is 32.5 Å². The van der Waals surface area contributed by atoms with Gasteiger partial charge in [0.15, 0.2) is 0 Å². The molecule has 0 atom stereocenters. The van der Waals surface area contributed by atoms with E-state index in [-0.39, 0.29) is 17.3 Å². The number of hydrogen-bond acceptors (Lipinski definition) is 3. The van der Waals surface area contributed by atoms with Gasteiger partial charge in [-0.2, -0.15) is 0 Å². The van der Waals surface area contributed by atoms with Crippen LogP contribution in [0.3, 0.4) is 0 Å². The van der Waals surface area contributed by atoms with Crippen LogP contribution in [0.4, 0.5) is 4.39 Å². The second kappa shape index (κ2) is 8.23. The highest BCUT2D eigenvalue weighted by Gasteiger charge is 2.22. The molecule has 0 unspecified atom stereocenters. The summed E-state index contributed by atoms with van der Waals surface area (Å²) in [6, 6.07) is 7.03. The molecular formula is C20H23ClFN4O2S+. The van der Waals surface area contributed by atoms with Gasteiger partial charge in [-0.05, 0) is 19.1 Å². The van der Waals surface area contributed by atoms with Crippen molar-refractivity contribution in [2.75, 3.05) is 20.6 Å². The van der Waals surface area contributed by atoms with Crippen molar-refractivity contribution in [1.29, 1.82) is 0 Å². The summed E-state index contributed by atoms with van der Waals surface area (Å²) in [6.45, 7) is 2.22. The maximum atomic E-state index is 14.3. The molecule has 154 valence electrons. The van der Waals surface area contributed by atoms with E-state index in [1.54, 1.807) is 22.9 Å². The lowest BCUT2D eigenvalue weighted by Crippen LogP contribution is -2.49. The fraction of sp³-hybridized carbons (Fsp3) is 0.250. The van der Waals surface area contributed by atoms with Gasteiger partial charge in [0.2, 0.25) is 10.0 Å². The van der Waals surface area contributed by atoms with Gasteiger partial charge in [0.25, 0.3) is 0 Å². The minimum absolute atomic E-state index is 0.0186. The van der Waals surface area contributed by atoms with Crippen molar-refractivity contribution < 1.29 is 18.5 Å². The van der Waals surface area contributed by atoms with E-state index in [0.29, 0.717) is 22.6 Å². The number of quaternary nitrogens is 1. The number of aromatic nitrogens is 2. The van der Waals surface area contributed by atoms with Crippen molar-refractivity contribution in [2.45, 2.75) is 18.4 Å². The van der Waals surface area contributed by atoms with Gasteiger partial charge in [0.1, 0.15) is 10.7 Å². The fourth-order valence-electron chi connectivity index (χ4n) is 3.33. The number of sulfonamides is 1. The molecule has 3 N–H and O–H groups in total. The van der Waals surface area contributed by atoms with E-state index >= 15 is 0 Å². The Morgan fingerprint density at radius 2 is 2.07 bits per heavy atom. The number of benzene rings is 1. The monoisotopic (exact) mass is 437 g/mol. The first kappa shape index (κ1) is 21.4. The molecule has 0 saturated heterocycles. The van der Waals surface area contributed by atoms with Crippen LogP contribution in [0.1, 0.15) is 5.69 Å². The smallest absolute Gasteiger partial charge is 0.244 e. The molecule has 9 heteroatoms. The molecule has 0 saturated carbocycles. The van der Waals surface area contributed by atoms with Crippen molar-refractivity contribution in [2.24, 2.45) is 0 Å². The molecule has 2 aromatic heterocycles. The third-order valence-corrected chi connectivity index (χ3v) is 6.83. The maximum Gasteiger partial charge on any atom is 0.244 e. The Bertz CT molecular complexity index is 1200. The van der Waals surface area contributed by atoms with Crippen LogP contribution in [0.5, 0.6) is 0 Å². The highest BCUT2D eigenvalue weighted by Crippen LogP contribution is 2.38. The molecule has 3 aromatic rings. The van der Waals surface area contributed by atoms with Gasteiger partial charge >= 0.3 is 0 Å². The second-order valence-corrected chi connectivity index (χ2v) is 9.38. The first-order valence-electron chi connectivity index (χ1n) is 8.97. The second-order valence-electron chi connectivity index (χ2n) is 6.82. The Morgan fingerprint density at radius 1 is 1.34 bits per heavy atom. The van der Waals surface area contributed by atoms with Crippen LogP contribution in [0.2, 0.25) is 5.02 Å². The maximum absolute atomic E-state index is 14.3. The molecular weight excluding hydrogens is 415 g/mol. The Morgan fingerprint density at radius 3 is 2.72 bits per heavy atom. The molecule has 0 fully saturated rings. The summed E-state index contributed by atoms with van der Waals surface area (Å²) >= 11 is 6.45. The molecule has 1 aromatic carbocycles. The first-order chi connectivity index (χ1) is 13.7. The predicted molar refractivity (Wildman–Crippen MR) is 113 cm³/mol. The molecule has 0 aliphatic carbocycles. The zero-order valence-corrected chi connectivity index (χ0v) is 18.1. The average molecular weight is 438 g/mol. The zero-order valence-electron chi connectivity index (χ0n) is 16.5. The van der Waals surface area contributed by atoms with E-state index in [0.717, 1.165) is 20.9 Å². The van der Waals surface area contributed by atoms with Gasteiger partial charge in [-0.25, -0.2) is 17.1 Å². The van der Waals surface area contributed by atoms with Crippen LogP contribution < -0.4 is 5.73 Å². The van der Waals surface area contributed by atoms with Crippen molar-refractivity contribution in [1.82, 2.24) is 13.9 Å². The van der Waals surface area contributed by atoms with Gasteiger partial charge in [-0.1, -0.05) is 23.7 Å². The lowest BCUT2D eigenvalue weighted by Gasteiger charge is -2.12. The van der Waals surface area contributed by atoms with Gasteiger partial charge < -0.3 is 10.3 Å². The number of rotatable bonds is 6. The summed E-state index contributed by atoms with van der Waals surface area (Å²) in [6.07, 6.45) is 4.34. The van der Waals surface area contributed by atoms with E-state index in [2.05, 4.69) is 10.7 Å². The van der Waals surface area contributed by atoms with Gasteiger partial charge in [0.05, 0.1) is 23.6 Å².